The number of aromatic nitrogens is 2. The quantitative estimate of drug-likeness (QED) is 0.785. The molecule has 4 rings (SSSR count). The monoisotopic (exact) mass is 351 g/mol. The molecule has 0 spiro atoms. The second-order valence-electron chi connectivity index (χ2n) is 6.34. The molecule has 3 heterocycles. The van der Waals surface area contributed by atoms with Gasteiger partial charge in [-0.3, -0.25) is 4.98 Å². The molecule has 7 nitrogen and oxygen atoms in total. The van der Waals surface area contributed by atoms with Gasteiger partial charge in [-0.2, -0.15) is 0 Å². The van der Waals surface area contributed by atoms with Crippen molar-refractivity contribution in [3.63, 3.8) is 0 Å². The first-order chi connectivity index (χ1) is 12.7. The van der Waals surface area contributed by atoms with E-state index < -0.39 is 0 Å². The summed E-state index contributed by atoms with van der Waals surface area (Å²) in [5.41, 5.74) is 1.93. The molecule has 0 saturated carbocycles. The van der Waals surface area contributed by atoms with Crippen molar-refractivity contribution in [2.45, 2.75) is 13.5 Å². The molecule has 0 bridgehead atoms. The van der Waals surface area contributed by atoms with Crippen molar-refractivity contribution in [2.24, 2.45) is 0 Å². The lowest BCUT2D eigenvalue weighted by Gasteiger charge is -2.35. The minimum absolute atomic E-state index is 0.0661. The lowest BCUT2D eigenvalue weighted by atomic mass is 10.1. The van der Waals surface area contributed by atoms with Gasteiger partial charge in [-0.1, -0.05) is 18.2 Å². The van der Waals surface area contributed by atoms with E-state index in [1.165, 1.54) is 0 Å². The first-order valence-electron chi connectivity index (χ1n) is 8.73. The molecule has 2 aromatic heterocycles. The van der Waals surface area contributed by atoms with E-state index in [-0.39, 0.29) is 6.03 Å². The van der Waals surface area contributed by atoms with Crippen LogP contribution in [0.15, 0.2) is 47.3 Å². The van der Waals surface area contributed by atoms with Crippen molar-refractivity contribution < 1.29 is 9.21 Å². The molecular weight excluding hydrogens is 330 g/mol. The predicted octanol–water partition coefficient (Wildman–Crippen LogP) is 2.56. The Labute approximate surface area is 151 Å². The topological polar surface area (TPSA) is 74.5 Å². The average Bonchev–Trinajstić information content (AvgIpc) is 3.03. The highest BCUT2D eigenvalue weighted by Crippen LogP contribution is 2.24. The molecule has 1 aromatic carbocycles. The van der Waals surface area contributed by atoms with Gasteiger partial charge >= 0.3 is 6.03 Å². The normalized spacial score (nSPS) is 14.7. The van der Waals surface area contributed by atoms with Gasteiger partial charge in [0.25, 0.3) is 0 Å². The summed E-state index contributed by atoms with van der Waals surface area (Å²) in [5.74, 6) is 1.66. The number of hydrogen-bond donors (Lipinski definition) is 1. The average molecular weight is 351 g/mol. The summed E-state index contributed by atoms with van der Waals surface area (Å²) in [6.45, 7) is 5.21. The minimum Gasteiger partial charge on any atom is -0.459 e. The van der Waals surface area contributed by atoms with Gasteiger partial charge in [-0.25, -0.2) is 9.78 Å². The summed E-state index contributed by atoms with van der Waals surface area (Å²) in [6, 6.07) is 7.85. The van der Waals surface area contributed by atoms with Gasteiger partial charge in [0.1, 0.15) is 17.2 Å². The first-order valence-corrected chi connectivity index (χ1v) is 8.73. The molecule has 0 aliphatic carbocycles. The van der Waals surface area contributed by atoms with E-state index in [4.69, 9.17) is 4.42 Å². The highest BCUT2D eigenvalue weighted by molar-refractivity contribution is 5.82. The smallest absolute Gasteiger partial charge is 0.317 e. The molecule has 3 aromatic rings. The molecule has 0 radical (unpaired) electrons. The number of urea groups is 1. The Balaban J connectivity index is 1.33. The summed E-state index contributed by atoms with van der Waals surface area (Å²) in [4.78, 5) is 24.8. The highest BCUT2D eigenvalue weighted by atomic mass is 16.3. The number of carbonyl (C=O) groups excluding carboxylic acids is 1. The number of para-hydroxylation sites is 1. The number of amides is 2. The number of nitrogens with zero attached hydrogens (tertiary/aromatic N) is 4. The van der Waals surface area contributed by atoms with Crippen LogP contribution in [-0.4, -0.2) is 47.1 Å². The van der Waals surface area contributed by atoms with E-state index in [0.29, 0.717) is 19.6 Å². The fourth-order valence-corrected chi connectivity index (χ4v) is 3.25. The number of piperazine rings is 1. The van der Waals surface area contributed by atoms with E-state index >= 15 is 0 Å². The van der Waals surface area contributed by atoms with Gasteiger partial charge in [0.15, 0.2) is 0 Å². The van der Waals surface area contributed by atoms with Crippen LogP contribution in [0.5, 0.6) is 0 Å². The number of rotatable bonds is 3. The maximum absolute atomic E-state index is 12.5. The van der Waals surface area contributed by atoms with E-state index in [1.807, 2.05) is 36.1 Å². The lowest BCUT2D eigenvalue weighted by molar-refractivity contribution is 0.193. The van der Waals surface area contributed by atoms with Crippen molar-refractivity contribution in [1.29, 1.82) is 0 Å². The number of carbonyl (C=O) groups is 1. The van der Waals surface area contributed by atoms with E-state index in [1.54, 1.807) is 18.6 Å². The largest absolute Gasteiger partial charge is 0.459 e. The predicted molar refractivity (Wildman–Crippen MR) is 99.0 cm³/mol. The summed E-state index contributed by atoms with van der Waals surface area (Å²) in [7, 11) is 0. The Morgan fingerprint density at radius 2 is 2.00 bits per heavy atom. The standard InChI is InChI=1S/C19H21N5O2/c1-14-15-4-2-3-5-16(15)26-17(14)12-22-19(25)24-10-8-23(9-11-24)18-13-20-6-7-21-18/h2-7,13H,8-12H2,1H3,(H,22,25). The highest BCUT2D eigenvalue weighted by Gasteiger charge is 2.22. The van der Waals surface area contributed by atoms with Crippen LogP contribution >= 0.6 is 0 Å². The Morgan fingerprint density at radius 3 is 2.73 bits per heavy atom. The zero-order valence-corrected chi connectivity index (χ0v) is 14.7. The van der Waals surface area contributed by atoms with Gasteiger partial charge in [-0.15, -0.1) is 0 Å². The minimum atomic E-state index is -0.0661. The van der Waals surface area contributed by atoms with Crippen molar-refractivity contribution in [2.75, 3.05) is 31.1 Å². The third-order valence-electron chi connectivity index (χ3n) is 4.78. The third kappa shape index (κ3) is 3.20. The Morgan fingerprint density at radius 1 is 1.19 bits per heavy atom. The third-order valence-corrected chi connectivity index (χ3v) is 4.78. The van der Waals surface area contributed by atoms with Crippen LogP contribution in [-0.2, 0) is 6.54 Å². The SMILES string of the molecule is Cc1c(CNC(=O)N2CCN(c3cnccn3)CC2)oc2ccccc12. The Hall–Kier alpha value is -3.09. The molecule has 1 aliphatic rings. The van der Waals surface area contributed by atoms with Crippen molar-refractivity contribution in [3.05, 3.63) is 54.2 Å². The number of hydrogen-bond acceptors (Lipinski definition) is 5. The van der Waals surface area contributed by atoms with Gasteiger partial charge in [0.2, 0.25) is 0 Å². The van der Waals surface area contributed by atoms with Gasteiger partial charge in [0.05, 0.1) is 12.7 Å². The number of furan rings is 1. The fourth-order valence-electron chi connectivity index (χ4n) is 3.25. The summed E-state index contributed by atoms with van der Waals surface area (Å²) in [6.07, 6.45) is 5.09. The maximum atomic E-state index is 12.5. The van der Waals surface area contributed by atoms with Crippen molar-refractivity contribution in [1.82, 2.24) is 20.2 Å². The summed E-state index contributed by atoms with van der Waals surface area (Å²) < 4.78 is 5.85. The van der Waals surface area contributed by atoms with Crippen molar-refractivity contribution >= 4 is 22.8 Å². The van der Waals surface area contributed by atoms with Crippen LogP contribution in [0.2, 0.25) is 0 Å². The summed E-state index contributed by atoms with van der Waals surface area (Å²) in [5, 5.41) is 4.06. The molecule has 0 atom stereocenters. The Bertz CT molecular complexity index is 901. The molecule has 1 fully saturated rings. The molecule has 134 valence electrons. The van der Waals surface area contributed by atoms with Crippen LogP contribution in [0.1, 0.15) is 11.3 Å². The van der Waals surface area contributed by atoms with Crippen molar-refractivity contribution in [3.8, 4) is 0 Å². The summed E-state index contributed by atoms with van der Waals surface area (Å²) >= 11 is 0. The molecule has 0 unspecified atom stereocenters. The molecular formula is C19H21N5O2. The van der Waals surface area contributed by atoms with Gasteiger partial charge in [0, 0.05) is 49.5 Å². The molecule has 1 saturated heterocycles. The van der Waals surface area contributed by atoms with Crippen LogP contribution in [0.3, 0.4) is 0 Å². The molecule has 2 amide bonds. The van der Waals surface area contributed by atoms with Crippen LogP contribution in [0, 0.1) is 6.92 Å². The molecule has 7 heteroatoms. The second-order valence-corrected chi connectivity index (χ2v) is 6.34. The van der Waals surface area contributed by atoms with Crippen LogP contribution in [0.25, 0.3) is 11.0 Å². The second kappa shape index (κ2) is 7.03. The van der Waals surface area contributed by atoms with E-state index in [9.17, 15) is 4.79 Å². The maximum Gasteiger partial charge on any atom is 0.317 e. The van der Waals surface area contributed by atoms with Crippen LogP contribution < -0.4 is 10.2 Å². The molecule has 1 N–H and O–H groups in total. The Kier molecular flexibility index (Phi) is 4.43. The molecule has 26 heavy (non-hydrogen) atoms. The number of aryl methyl sites for hydroxylation is 1. The van der Waals surface area contributed by atoms with Gasteiger partial charge < -0.3 is 19.5 Å². The lowest BCUT2D eigenvalue weighted by Crippen LogP contribution is -2.51. The van der Waals surface area contributed by atoms with E-state index in [0.717, 1.165) is 41.2 Å². The zero-order chi connectivity index (χ0) is 17.9. The van der Waals surface area contributed by atoms with E-state index in [2.05, 4.69) is 20.2 Å². The number of fused-ring (bicyclic) bond motifs is 1. The zero-order valence-electron chi connectivity index (χ0n) is 14.7. The van der Waals surface area contributed by atoms with Gasteiger partial charge in [-0.05, 0) is 13.0 Å². The number of benzene rings is 1. The number of anilines is 1. The fraction of sp³-hybridized carbons (Fsp3) is 0.316. The first kappa shape index (κ1) is 16.4. The number of nitrogens with one attached hydrogen (secondary N) is 1. The van der Waals surface area contributed by atoms with Crippen LogP contribution in [0.4, 0.5) is 10.6 Å². The molecule has 1 aliphatic heterocycles.